The van der Waals surface area contributed by atoms with Gasteiger partial charge in [-0.3, -0.25) is 0 Å². The van der Waals surface area contributed by atoms with Crippen molar-refractivity contribution in [2.75, 3.05) is 20.1 Å². The van der Waals surface area contributed by atoms with Crippen LogP contribution in [0, 0.1) is 17.8 Å². The summed E-state index contributed by atoms with van der Waals surface area (Å²) < 4.78 is 0. The third kappa shape index (κ3) is 1.56. The monoisotopic (exact) mass is 165 g/mol. The number of hydrogen-bond donors (Lipinski definition) is 0. The Morgan fingerprint density at radius 3 is 2.50 bits per heavy atom. The van der Waals surface area contributed by atoms with Crippen LogP contribution in [-0.4, -0.2) is 25.0 Å². The highest BCUT2D eigenvalue weighted by Gasteiger charge is 2.41. The second-order valence-electron chi connectivity index (χ2n) is 4.44. The SMILES string of the molecule is C=C[C@H]1C[C@@H]1C1CCN(C)CC1. The quantitative estimate of drug-likeness (QED) is 0.567. The molecule has 0 aromatic heterocycles. The summed E-state index contributed by atoms with van der Waals surface area (Å²) in [6.45, 7) is 6.49. The molecule has 2 atom stereocenters. The molecule has 2 aliphatic rings. The van der Waals surface area contributed by atoms with Gasteiger partial charge in [0.2, 0.25) is 0 Å². The van der Waals surface area contributed by atoms with Gasteiger partial charge < -0.3 is 4.90 Å². The van der Waals surface area contributed by atoms with Crippen molar-refractivity contribution in [2.24, 2.45) is 17.8 Å². The standard InChI is InChI=1S/C11H19N/c1-3-9-8-11(9)10-4-6-12(2)7-5-10/h3,9-11H,1,4-8H2,2H3/t9-,11-/m0/s1. The van der Waals surface area contributed by atoms with Crippen molar-refractivity contribution in [3.05, 3.63) is 12.7 Å². The van der Waals surface area contributed by atoms with Crippen LogP contribution in [-0.2, 0) is 0 Å². The van der Waals surface area contributed by atoms with E-state index in [-0.39, 0.29) is 0 Å². The van der Waals surface area contributed by atoms with Crippen LogP contribution in [0.3, 0.4) is 0 Å². The second-order valence-corrected chi connectivity index (χ2v) is 4.44. The van der Waals surface area contributed by atoms with Crippen molar-refractivity contribution >= 4 is 0 Å². The molecule has 1 aliphatic heterocycles. The molecule has 1 heterocycles. The average molecular weight is 165 g/mol. The Hall–Kier alpha value is -0.300. The number of allylic oxidation sites excluding steroid dienone is 1. The van der Waals surface area contributed by atoms with E-state index in [1.165, 1.54) is 32.4 Å². The molecular weight excluding hydrogens is 146 g/mol. The molecule has 1 saturated carbocycles. The number of nitrogens with zero attached hydrogens (tertiary/aromatic N) is 1. The molecule has 12 heavy (non-hydrogen) atoms. The lowest BCUT2D eigenvalue weighted by atomic mass is 9.91. The highest BCUT2D eigenvalue weighted by Crippen LogP contribution is 2.48. The summed E-state index contributed by atoms with van der Waals surface area (Å²) in [6, 6.07) is 0. The van der Waals surface area contributed by atoms with Gasteiger partial charge in [-0.05, 0) is 57.2 Å². The van der Waals surface area contributed by atoms with Crippen LogP contribution in [0.25, 0.3) is 0 Å². The Labute approximate surface area is 75.4 Å². The lowest BCUT2D eigenvalue weighted by Gasteiger charge is -2.29. The van der Waals surface area contributed by atoms with Crippen molar-refractivity contribution in [1.29, 1.82) is 0 Å². The number of hydrogen-bond acceptors (Lipinski definition) is 1. The molecule has 0 amide bonds. The third-order valence-corrected chi connectivity index (χ3v) is 3.56. The Bertz CT molecular complexity index is 168. The normalized spacial score (nSPS) is 38.1. The molecule has 2 fully saturated rings. The van der Waals surface area contributed by atoms with Crippen molar-refractivity contribution < 1.29 is 0 Å². The minimum Gasteiger partial charge on any atom is -0.306 e. The van der Waals surface area contributed by atoms with Gasteiger partial charge in [0.15, 0.2) is 0 Å². The summed E-state index contributed by atoms with van der Waals surface area (Å²) in [6.07, 6.45) is 6.43. The summed E-state index contributed by atoms with van der Waals surface area (Å²) in [5.41, 5.74) is 0. The maximum atomic E-state index is 3.87. The lowest BCUT2D eigenvalue weighted by Crippen LogP contribution is -2.31. The van der Waals surface area contributed by atoms with E-state index in [9.17, 15) is 0 Å². The molecule has 2 rings (SSSR count). The Balaban J connectivity index is 1.79. The molecule has 0 N–H and O–H groups in total. The molecule has 1 heteroatoms. The van der Waals surface area contributed by atoms with Crippen LogP contribution in [0.15, 0.2) is 12.7 Å². The highest BCUT2D eigenvalue weighted by atomic mass is 15.1. The van der Waals surface area contributed by atoms with E-state index in [0.717, 1.165) is 17.8 Å². The fourth-order valence-electron chi connectivity index (χ4n) is 2.51. The minimum atomic E-state index is 0.874. The zero-order valence-electron chi connectivity index (χ0n) is 8.00. The predicted octanol–water partition coefficient (Wildman–Crippen LogP) is 2.15. The second kappa shape index (κ2) is 3.21. The van der Waals surface area contributed by atoms with Gasteiger partial charge in [0.1, 0.15) is 0 Å². The summed E-state index contributed by atoms with van der Waals surface area (Å²) in [4.78, 5) is 2.45. The van der Waals surface area contributed by atoms with E-state index in [0.29, 0.717) is 0 Å². The van der Waals surface area contributed by atoms with E-state index >= 15 is 0 Å². The van der Waals surface area contributed by atoms with Crippen LogP contribution in [0.4, 0.5) is 0 Å². The fourth-order valence-corrected chi connectivity index (χ4v) is 2.51. The van der Waals surface area contributed by atoms with Gasteiger partial charge in [-0.15, -0.1) is 6.58 Å². The van der Waals surface area contributed by atoms with Gasteiger partial charge in [-0.2, -0.15) is 0 Å². The molecule has 0 unspecified atom stereocenters. The highest BCUT2D eigenvalue weighted by molar-refractivity contribution is 5.01. The third-order valence-electron chi connectivity index (χ3n) is 3.56. The summed E-state index contributed by atoms with van der Waals surface area (Å²) in [5, 5.41) is 0. The molecule has 68 valence electrons. The van der Waals surface area contributed by atoms with Crippen molar-refractivity contribution in [1.82, 2.24) is 4.90 Å². The molecule has 0 radical (unpaired) electrons. The van der Waals surface area contributed by atoms with Crippen molar-refractivity contribution in [3.63, 3.8) is 0 Å². The summed E-state index contributed by atoms with van der Waals surface area (Å²) >= 11 is 0. The first-order valence-corrected chi connectivity index (χ1v) is 5.12. The smallest absolute Gasteiger partial charge is 0.00190 e. The minimum absolute atomic E-state index is 0.874. The van der Waals surface area contributed by atoms with Gasteiger partial charge in [-0.1, -0.05) is 6.08 Å². The predicted molar refractivity (Wildman–Crippen MR) is 52.0 cm³/mol. The molecule has 0 bridgehead atoms. The van der Waals surface area contributed by atoms with E-state index in [4.69, 9.17) is 0 Å². The number of piperidine rings is 1. The first kappa shape index (κ1) is 8.31. The van der Waals surface area contributed by atoms with E-state index in [1.807, 2.05) is 0 Å². The topological polar surface area (TPSA) is 3.24 Å². The number of likely N-dealkylation sites (tertiary alicyclic amines) is 1. The van der Waals surface area contributed by atoms with E-state index in [2.05, 4.69) is 24.6 Å². The molecule has 1 aliphatic carbocycles. The Kier molecular flexibility index (Phi) is 2.22. The molecular formula is C11H19N. The van der Waals surface area contributed by atoms with E-state index < -0.39 is 0 Å². The first-order valence-electron chi connectivity index (χ1n) is 5.12. The summed E-state index contributed by atoms with van der Waals surface area (Å²) in [5.74, 6) is 2.90. The fraction of sp³-hybridized carbons (Fsp3) is 0.818. The van der Waals surface area contributed by atoms with Gasteiger partial charge in [0, 0.05) is 0 Å². The lowest BCUT2D eigenvalue weighted by molar-refractivity contribution is 0.201. The van der Waals surface area contributed by atoms with Gasteiger partial charge in [0.05, 0.1) is 0 Å². The first-order chi connectivity index (χ1) is 5.81. The zero-order valence-corrected chi connectivity index (χ0v) is 8.00. The largest absolute Gasteiger partial charge is 0.306 e. The van der Waals surface area contributed by atoms with E-state index in [1.54, 1.807) is 0 Å². The van der Waals surface area contributed by atoms with Crippen LogP contribution in [0.2, 0.25) is 0 Å². The van der Waals surface area contributed by atoms with Crippen molar-refractivity contribution in [3.8, 4) is 0 Å². The summed E-state index contributed by atoms with van der Waals surface area (Å²) in [7, 11) is 2.23. The van der Waals surface area contributed by atoms with Gasteiger partial charge >= 0.3 is 0 Å². The maximum absolute atomic E-state index is 3.87. The van der Waals surface area contributed by atoms with Crippen LogP contribution in [0.5, 0.6) is 0 Å². The zero-order chi connectivity index (χ0) is 8.55. The molecule has 0 spiro atoms. The average Bonchev–Trinajstić information content (AvgIpc) is 2.85. The Morgan fingerprint density at radius 2 is 2.00 bits per heavy atom. The van der Waals surface area contributed by atoms with Crippen LogP contribution in [0.1, 0.15) is 19.3 Å². The Morgan fingerprint density at radius 1 is 1.33 bits per heavy atom. The molecule has 1 nitrogen and oxygen atoms in total. The molecule has 0 aromatic carbocycles. The van der Waals surface area contributed by atoms with Crippen LogP contribution >= 0.6 is 0 Å². The maximum Gasteiger partial charge on any atom is -0.00190 e. The molecule has 1 saturated heterocycles. The van der Waals surface area contributed by atoms with Gasteiger partial charge in [0.25, 0.3) is 0 Å². The van der Waals surface area contributed by atoms with Gasteiger partial charge in [-0.25, -0.2) is 0 Å². The van der Waals surface area contributed by atoms with Crippen molar-refractivity contribution in [2.45, 2.75) is 19.3 Å². The van der Waals surface area contributed by atoms with Crippen LogP contribution < -0.4 is 0 Å². The molecule has 0 aromatic rings. The number of rotatable bonds is 2.